The fraction of sp³-hybridized carbons (Fsp3) is 0.440. The van der Waals surface area contributed by atoms with Gasteiger partial charge in [0.25, 0.3) is 5.91 Å². The van der Waals surface area contributed by atoms with Gasteiger partial charge in [-0.05, 0) is 56.4 Å². The first-order valence-electron chi connectivity index (χ1n) is 11.7. The largest absolute Gasteiger partial charge is 0.497 e. The highest BCUT2D eigenvalue weighted by molar-refractivity contribution is 5.92. The van der Waals surface area contributed by atoms with E-state index in [1.807, 2.05) is 17.0 Å². The minimum Gasteiger partial charge on any atom is -0.497 e. The summed E-state index contributed by atoms with van der Waals surface area (Å²) in [7, 11) is 1.69. The summed E-state index contributed by atoms with van der Waals surface area (Å²) in [4.78, 5) is 27.1. The average Bonchev–Trinajstić information content (AvgIpc) is 3.40. The number of aryl methyl sites for hydroxylation is 1. The zero-order valence-corrected chi connectivity index (χ0v) is 19.3. The Morgan fingerprint density at radius 2 is 2.00 bits per heavy atom. The van der Waals surface area contributed by atoms with Gasteiger partial charge in [0.15, 0.2) is 0 Å². The standard InChI is InChI=1S/C25H30N6O2/c1-17-21-6-4-13-30(15-18-7-9-20(33-2)10-8-18)24(21)28-23(27-17)19-5-3-14-31(16-19)25(32)22-11-12-26-29-22/h7-12,19H,3-6,13-16H2,1-2H3,(H,26,29)/t19-/m1/s1. The highest BCUT2D eigenvalue weighted by atomic mass is 16.5. The van der Waals surface area contributed by atoms with Crippen molar-refractivity contribution < 1.29 is 9.53 Å². The van der Waals surface area contributed by atoms with Gasteiger partial charge in [-0.1, -0.05) is 12.1 Å². The van der Waals surface area contributed by atoms with Crippen LogP contribution in [-0.2, 0) is 13.0 Å². The van der Waals surface area contributed by atoms with E-state index in [1.54, 1.807) is 19.4 Å². The number of piperidine rings is 1. The first-order chi connectivity index (χ1) is 16.1. The molecular formula is C25H30N6O2. The molecule has 2 aliphatic rings. The Hall–Kier alpha value is -3.42. The van der Waals surface area contributed by atoms with Gasteiger partial charge in [0.2, 0.25) is 0 Å². The van der Waals surface area contributed by atoms with Crippen LogP contribution in [0, 0.1) is 6.92 Å². The van der Waals surface area contributed by atoms with Crippen LogP contribution in [0.3, 0.4) is 0 Å². The van der Waals surface area contributed by atoms with Gasteiger partial charge in [0, 0.05) is 49.6 Å². The van der Waals surface area contributed by atoms with Crippen molar-refractivity contribution in [3.8, 4) is 5.75 Å². The number of methoxy groups -OCH3 is 1. The molecule has 0 bridgehead atoms. The first-order valence-corrected chi connectivity index (χ1v) is 11.7. The number of anilines is 1. The third-order valence-electron chi connectivity index (χ3n) is 6.70. The van der Waals surface area contributed by atoms with Gasteiger partial charge in [-0.2, -0.15) is 5.10 Å². The summed E-state index contributed by atoms with van der Waals surface area (Å²) in [6.07, 6.45) is 5.66. The van der Waals surface area contributed by atoms with Crippen LogP contribution in [0.5, 0.6) is 5.75 Å². The Bertz CT molecular complexity index is 1110. The Labute approximate surface area is 194 Å². The molecule has 8 heteroatoms. The predicted molar refractivity (Wildman–Crippen MR) is 126 cm³/mol. The second-order valence-electron chi connectivity index (χ2n) is 8.90. The lowest BCUT2D eigenvalue weighted by molar-refractivity contribution is 0.0698. The molecule has 4 heterocycles. The monoisotopic (exact) mass is 446 g/mol. The fourth-order valence-electron chi connectivity index (χ4n) is 4.91. The maximum absolute atomic E-state index is 12.8. The van der Waals surface area contributed by atoms with Crippen molar-refractivity contribution in [1.82, 2.24) is 25.1 Å². The molecule has 5 rings (SSSR count). The lowest BCUT2D eigenvalue weighted by Crippen LogP contribution is -2.40. The number of ether oxygens (including phenoxy) is 1. The van der Waals surface area contributed by atoms with E-state index in [9.17, 15) is 4.79 Å². The molecule has 1 amide bonds. The van der Waals surface area contributed by atoms with Crippen LogP contribution in [0.2, 0.25) is 0 Å². The van der Waals surface area contributed by atoms with E-state index in [-0.39, 0.29) is 11.8 Å². The summed E-state index contributed by atoms with van der Waals surface area (Å²) in [6.45, 7) is 5.26. The van der Waals surface area contributed by atoms with Crippen molar-refractivity contribution in [2.75, 3.05) is 31.6 Å². The number of aromatic nitrogens is 4. The number of hydrogen-bond acceptors (Lipinski definition) is 6. The Morgan fingerprint density at radius 3 is 2.76 bits per heavy atom. The first kappa shape index (κ1) is 21.4. The van der Waals surface area contributed by atoms with Crippen LogP contribution in [0.15, 0.2) is 36.5 Å². The molecule has 0 unspecified atom stereocenters. The zero-order chi connectivity index (χ0) is 22.8. The highest BCUT2D eigenvalue weighted by Gasteiger charge is 2.30. The second kappa shape index (κ2) is 9.21. The fourth-order valence-corrected chi connectivity index (χ4v) is 4.91. The molecule has 0 radical (unpaired) electrons. The van der Waals surface area contributed by atoms with Gasteiger partial charge < -0.3 is 14.5 Å². The van der Waals surface area contributed by atoms with Crippen LogP contribution in [0.4, 0.5) is 5.82 Å². The number of nitrogens with one attached hydrogen (secondary N) is 1. The number of H-pyrrole nitrogens is 1. The van der Waals surface area contributed by atoms with E-state index in [2.05, 4.69) is 34.2 Å². The van der Waals surface area contributed by atoms with Crippen LogP contribution < -0.4 is 9.64 Å². The van der Waals surface area contributed by atoms with Crippen molar-refractivity contribution >= 4 is 11.7 Å². The smallest absolute Gasteiger partial charge is 0.271 e. The number of likely N-dealkylation sites (tertiary alicyclic amines) is 1. The van der Waals surface area contributed by atoms with E-state index in [1.165, 1.54) is 11.1 Å². The Morgan fingerprint density at radius 1 is 1.15 bits per heavy atom. The van der Waals surface area contributed by atoms with E-state index in [0.717, 1.165) is 68.4 Å². The number of fused-ring (bicyclic) bond motifs is 1. The third-order valence-corrected chi connectivity index (χ3v) is 6.70. The summed E-state index contributed by atoms with van der Waals surface area (Å²) >= 11 is 0. The number of nitrogens with zero attached hydrogens (tertiary/aromatic N) is 5. The van der Waals surface area contributed by atoms with Crippen molar-refractivity contribution in [2.24, 2.45) is 0 Å². The van der Waals surface area contributed by atoms with E-state index in [4.69, 9.17) is 14.7 Å². The van der Waals surface area contributed by atoms with Gasteiger partial charge in [0.1, 0.15) is 23.1 Å². The summed E-state index contributed by atoms with van der Waals surface area (Å²) < 4.78 is 5.30. The van der Waals surface area contributed by atoms with Crippen LogP contribution in [0.1, 0.15) is 58.3 Å². The lowest BCUT2D eigenvalue weighted by Gasteiger charge is -2.34. The molecule has 1 aromatic carbocycles. The maximum atomic E-state index is 12.8. The minimum atomic E-state index is -0.00647. The third kappa shape index (κ3) is 4.42. The minimum absolute atomic E-state index is 0.00647. The van der Waals surface area contributed by atoms with Crippen molar-refractivity contribution in [1.29, 1.82) is 0 Å². The number of amides is 1. The number of carbonyl (C=O) groups is 1. The number of carbonyl (C=O) groups excluding carboxylic acids is 1. The molecule has 1 saturated heterocycles. The van der Waals surface area contributed by atoms with Gasteiger partial charge in [0.05, 0.1) is 7.11 Å². The lowest BCUT2D eigenvalue weighted by atomic mass is 9.95. The zero-order valence-electron chi connectivity index (χ0n) is 19.3. The second-order valence-corrected chi connectivity index (χ2v) is 8.90. The molecule has 1 N–H and O–H groups in total. The maximum Gasteiger partial charge on any atom is 0.271 e. The molecular weight excluding hydrogens is 416 g/mol. The molecule has 1 atom stereocenters. The van der Waals surface area contributed by atoms with Crippen molar-refractivity contribution in [3.05, 3.63) is 64.9 Å². The molecule has 2 aliphatic heterocycles. The molecule has 3 aromatic rings. The molecule has 33 heavy (non-hydrogen) atoms. The van der Waals surface area contributed by atoms with Crippen molar-refractivity contribution in [2.45, 2.75) is 45.1 Å². The van der Waals surface area contributed by atoms with E-state index < -0.39 is 0 Å². The van der Waals surface area contributed by atoms with Crippen LogP contribution >= 0.6 is 0 Å². The molecule has 1 fully saturated rings. The molecule has 0 spiro atoms. The molecule has 2 aromatic heterocycles. The van der Waals surface area contributed by atoms with E-state index in [0.29, 0.717) is 12.2 Å². The SMILES string of the molecule is COc1ccc(CN2CCCc3c(C)nc([C@@H]4CCCN(C(=O)c5ccn[nH]5)C4)nc32)cc1. The van der Waals surface area contributed by atoms with Gasteiger partial charge in [-0.25, -0.2) is 9.97 Å². The Kier molecular flexibility index (Phi) is 5.98. The Balaban J connectivity index is 1.38. The number of benzene rings is 1. The number of hydrogen-bond donors (Lipinski definition) is 1. The van der Waals surface area contributed by atoms with Crippen LogP contribution in [-0.4, -0.2) is 57.7 Å². The average molecular weight is 447 g/mol. The van der Waals surface area contributed by atoms with Gasteiger partial charge in [-0.3, -0.25) is 9.89 Å². The van der Waals surface area contributed by atoms with Crippen LogP contribution in [0.25, 0.3) is 0 Å². The number of aromatic amines is 1. The molecule has 0 aliphatic carbocycles. The normalized spacial score (nSPS) is 18.2. The van der Waals surface area contributed by atoms with E-state index >= 15 is 0 Å². The highest BCUT2D eigenvalue weighted by Crippen LogP contribution is 2.32. The molecule has 0 saturated carbocycles. The summed E-state index contributed by atoms with van der Waals surface area (Å²) in [5.41, 5.74) is 4.07. The van der Waals surface area contributed by atoms with Crippen molar-refractivity contribution in [3.63, 3.8) is 0 Å². The number of rotatable bonds is 5. The van der Waals surface area contributed by atoms with Gasteiger partial charge in [-0.15, -0.1) is 0 Å². The summed E-state index contributed by atoms with van der Waals surface area (Å²) in [5.74, 6) is 2.91. The molecule has 172 valence electrons. The summed E-state index contributed by atoms with van der Waals surface area (Å²) in [5, 5.41) is 6.71. The van der Waals surface area contributed by atoms with Gasteiger partial charge >= 0.3 is 0 Å². The quantitative estimate of drug-likeness (QED) is 0.646. The predicted octanol–water partition coefficient (Wildman–Crippen LogP) is 3.49. The molecule has 8 nitrogen and oxygen atoms in total. The topological polar surface area (TPSA) is 87.2 Å². The summed E-state index contributed by atoms with van der Waals surface area (Å²) in [6, 6.07) is 9.96.